The summed E-state index contributed by atoms with van der Waals surface area (Å²) in [7, 11) is 0. The Hall–Kier alpha value is -1.13. The fourth-order valence-corrected chi connectivity index (χ4v) is 3.01. The highest BCUT2D eigenvalue weighted by atomic mass is 16.5. The second-order valence-electron chi connectivity index (χ2n) is 4.93. The molecule has 2 aliphatic heterocycles. The van der Waals surface area contributed by atoms with Gasteiger partial charge in [0.25, 0.3) is 0 Å². The van der Waals surface area contributed by atoms with Gasteiger partial charge in [0.1, 0.15) is 6.11 Å². The van der Waals surface area contributed by atoms with Crippen LogP contribution in [0.1, 0.15) is 13.3 Å². The molecule has 0 amide bonds. The molecule has 0 bridgehead atoms. The van der Waals surface area contributed by atoms with Crippen LogP contribution in [0.5, 0.6) is 0 Å². The summed E-state index contributed by atoms with van der Waals surface area (Å²) in [6, 6.07) is -0.782. The summed E-state index contributed by atoms with van der Waals surface area (Å²) in [5.74, 6) is -1.11. The summed E-state index contributed by atoms with van der Waals surface area (Å²) in [6.07, 6.45) is 4.13. The molecule has 2 saturated heterocycles. The summed E-state index contributed by atoms with van der Waals surface area (Å²) < 4.78 is 4.53. The first-order chi connectivity index (χ1) is 8.47. The third-order valence-electron chi connectivity index (χ3n) is 3.98. The molecule has 0 aromatic rings. The summed E-state index contributed by atoms with van der Waals surface area (Å²) in [4.78, 5) is 13.4. The Morgan fingerprint density at radius 1 is 1.39 bits per heavy atom. The van der Waals surface area contributed by atoms with Gasteiger partial charge < -0.3 is 20.1 Å². The molecule has 2 heterocycles. The number of aliphatic hydroxyl groups excluding tert-OH is 3. The maximum absolute atomic E-state index is 11.7. The Kier molecular flexibility index (Phi) is 3.59. The first-order valence-electron chi connectivity index (χ1n) is 5.93. The van der Waals surface area contributed by atoms with E-state index in [1.807, 2.05) is 6.11 Å². The SMILES string of the molecule is C#COC(=O)C1C[C@@H](O)[C@@H]2[C@H](O)[C@H](O)CN2C1C. The number of ether oxygens (including phenoxy) is 1. The number of fused-ring (bicyclic) bond motifs is 1. The number of aliphatic hydroxyl groups is 3. The van der Waals surface area contributed by atoms with E-state index >= 15 is 0 Å². The zero-order valence-corrected chi connectivity index (χ0v) is 10.1. The van der Waals surface area contributed by atoms with Gasteiger partial charge in [-0.1, -0.05) is 6.42 Å². The van der Waals surface area contributed by atoms with Crippen LogP contribution in [0.2, 0.25) is 0 Å². The molecule has 6 heteroatoms. The van der Waals surface area contributed by atoms with Crippen molar-refractivity contribution in [3.63, 3.8) is 0 Å². The maximum Gasteiger partial charge on any atom is 0.324 e. The highest BCUT2D eigenvalue weighted by molar-refractivity contribution is 5.74. The lowest BCUT2D eigenvalue weighted by Crippen LogP contribution is -2.57. The molecule has 2 fully saturated rings. The van der Waals surface area contributed by atoms with Crippen LogP contribution in [0.3, 0.4) is 0 Å². The predicted molar refractivity (Wildman–Crippen MR) is 61.0 cm³/mol. The molecule has 0 aromatic heterocycles. The number of carbonyl (C=O) groups excluding carboxylic acids is 1. The van der Waals surface area contributed by atoms with E-state index in [0.29, 0.717) is 0 Å². The number of carbonyl (C=O) groups is 1. The van der Waals surface area contributed by atoms with Gasteiger partial charge >= 0.3 is 5.97 Å². The van der Waals surface area contributed by atoms with Crippen LogP contribution in [0.4, 0.5) is 0 Å². The molecule has 0 aromatic carbocycles. The van der Waals surface area contributed by atoms with Gasteiger partial charge in [0.05, 0.1) is 30.3 Å². The molecule has 0 radical (unpaired) electrons. The van der Waals surface area contributed by atoms with Crippen molar-refractivity contribution in [2.45, 2.75) is 43.7 Å². The van der Waals surface area contributed by atoms with Crippen molar-refractivity contribution < 1.29 is 24.9 Å². The molecule has 0 spiro atoms. The van der Waals surface area contributed by atoms with E-state index in [1.54, 1.807) is 11.8 Å². The third-order valence-corrected chi connectivity index (χ3v) is 3.98. The van der Waals surface area contributed by atoms with E-state index in [4.69, 9.17) is 6.42 Å². The van der Waals surface area contributed by atoms with Crippen LogP contribution in [0.15, 0.2) is 0 Å². The molecule has 2 aliphatic rings. The lowest BCUT2D eigenvalue weighted by molar-refractivity contribution is -0.151. The average molecular weight is 255 g/mol. The first kappa shape index (κ1) is 13.3. The number of esters is 1. The third kappa shape index (κ3) is 1.99. The Labute approximate surface area is 105 Å². The van der Waals surface area contributed by atoms with Gasteiger partial charge in [0.2, 0.25) is 0 Å². The number of terminal acetylenes is 1. The van der Waals surface area contributed by atoms with Crippen LogP contribution in [0.25, 0.3) is 0 Å². The smallest absolute Gasteiger partial charge is 0.324 e. The lowest BCUT2D eigenvalue weighted by atomic mass is 9.84. The summed E-state index contributed by atoms with van der Waals surface area (Å²) in [6.45, 7) is 2.02. The fourth-order valence-electron chi connectivity index (χ4n) is 3.01. The monoisotopic (exact) mass is 255 g/mol. The zero-order chi connectivity index (χ0) is 13.4. The second kappa shape index (κ2) is 4.86. The molecule has 2 rings (SSSR count). The van der Waals surface area contributed by atoms with Crippen LogP contribution < -0.4 is 0 Å². The van der Waals surface area contributed by atoms with Crippen LogP contribution in [0, 0.1) is 18.4 Å². The number of hydrogen-bond donors (Lipinski definition) is 3. The number of piperidine rings is 1. The molecule has 0 saturated carbocycles. The van der Waals surface area contributed by atoms with Crippen molar-refractivity contribution >= 4 is 5.97 Å². The highest BCUT2D eigenvalue weighted by Crippen LogP contribution is 2.35. The Morgan fingerprint density at radius 3 is 2.67 bits per heavy atom. The van der Waals surface area contributed by atoms with Crippen molar-refractivity contribution in [2.75, 3.05) is 6.54 Å². The predicted octanol–water partition coefficient (Wildman–Crippen LogP) is -1.70. The minimum absolute atomic E-state index is 0.173. The zero-order valence-electron chi connectivity index (χ0n) is 10.1. The fraction of sp³-hybridized carbons (Fsp3) is 0.750. The van der Waals surface area contributed by atoms with E-state index < -0.39 is 36.2 Å². The molecule has 0 aliphatic carbocycles. The molecule has 6 nitrogen and oxygen atoms in total. The second-order valence-corrected chi connectivity index (χ2v) is 4.93. The van der Waals surface area contributed by atoms with Crippen molar-refractivity contribution in [2.24, 2.45) is 5.92 Å². The quantitative estimate of drug-likeness (QED) is 0.382. The highest BCUT2D eigenvalue weighted by Gasteiger charge is 2.52. The molecule has 2 unspecified atom stereocenters. The van der Waals surface area contributed by atoms with Gasteiger partial charge in [0.15, 0.2) is 0 Å². The normalized spacial score (nSPS) is 44.2. The standard InChI is InChI=1S/C12H17NO5/c1-3-18-12(17)7-4-8(14)10-11(16)9(15)5-13(10)6(7)2/h1,6-11,14-16H,4-5H2,2H3/t6?,7?,8-,9-,10-,11-/m1/s1. The minimum atomic E-state index is -0.993. The number of rotatable bonds is 1. The van der Waals surface area contributed by atoms with Gasteiger partial charge in [0, 0.05) is 12.6 Å². The average Bonchev–Trinajstić information content (AvgIpc) is 2.62. The molecule has 6 atom stereocenters. The Balaban J connectivity index is 2.17. The molecular weight excluding hydrogens is 238 g/mol. The minimum Gasteiger partial charge on any atom is -0.391 e. The van der Waals surface area contributed by atoms with Gasteiger partial charge in [-0.15, -0.1) is 0 Å². The summed E-state index contributed by atoms with van der Waals surface area (Å²) in [5.41, 5.74) is 0. The number of hydrogen-bond acceptors (Lipinski definition) is 6. The van der Waals surface area contributed by atoms with Crippen LogP contribution >= 0.6 is 0 Å². The topological polar surface area (TPSA) is 90.2 Å². The molecule has 18 heavy (non-hydrogen) atoms. The lowest BCUT2D eigenvalue weighted by Gasteiger charge is -2.43. The largest absolute Gasteiger partial charge is 0.391 e. The van der Waals surface area contributed by atoms with Gasteiger partial charge in [-0.25, -0.2) is 0 Å². The van der Waals surface area contributed by atoms with E-state index in [1.165, 1.54) is 0 Å². The molecule has 100 valence electrons. The van der Waals surface area contributed by atoms with Gasteiger partial charge in [-0.05, 0) is 13.3 Å². The Morgan fingerprint density at radius 2 is 2.06 bits per heavy atom. The van der Waals surface area contributed by atoms with Gasteiger partial charge in [-0.3, -0.25) is 9.69 Å². The van der Waals surface area contributed by atoms with E-state index in [0.717, 1.165) is 0 Å². The van der Waals surface area contributed by atoms with Crippen LogP contribution in [-0.4, -0.2) is 63.1 Å². The summed E-state index contributed by atoms with van der Waals surface area (Å²) >= 11 is 0. The van der Waals surface area contributed by atoms with Crippen molar-refractivity contribution in [1.29, 1.82) is 0 Å². The van der Waals surface area contributed by atoms with Crippen molar-refractivity contribution in [3.05, 3.63) is 0 Å². The van der Waals surface area contributed by atoms with E-state index in [2.05, 4.69) is 4.74 Å². The summed E-state index contributed by atoms with van der Waals surface area (Å²) in [5, 5.41) is 29.5. The van der Waals surface area contributed by atoms with E-state index in [9.17, 15) is 20.1 Å². The maximum atomic E-state index is 11.7. The first-order valence-corrected chi connectivity index (χ1v) is 5.93. The molecular formula is C12H17NO5. The molecule has 3 N–H and O–H groups in total. The van der Waals surface area contributed by atoms with Crippen molar-refractivity contribution in [3.8, 4) is 12.5 Å². The van der Waals surface area contributed by atoms with E-state index in [-0.39, 0.29) is 19.0 Å². The van der Waals surface area contributed by atoms with Gasteiger partial charge in [-0.2, -0.15) is 0 Å². The van der Waals surface area contributed by atoms with Crippen LogP contribution in [-0.2, 0) is 9.53 Å². The number of nitrogens with zero attached hydrogens (tertiary/aromatic N) is 1. The Bertz CT molecular complexity index is 379. The van der Waals surface area contributed by atoms with Crippen molar-refractivity contribution in [1.82, 2.24) is 4.90 Å².